The highest BCUT2D eigenvalue weighted by Crippen LogP contribution is 2.27. The lowest BCUT2D eigenvalue weighted by Crippen LogP contribution is -2.41. The summed E-state index contributed by atoms with van der Waals surface area (Å²) in [5, 5.41) is 13.1. The molecular formula is C15H19Cl2NO2. The smallest absolute Gasteiger partial charge is 0.253 e. The maximum atomic E-state index is 12.3. The number of nitrogens with one attached hydrogen (secondary N) is 1. The van der Waals surface area contributed by atoms with Gasteiger partial charge in [-0.25, -0.2) is 0 Å². The summed E-state index contributed by atoms with van der Waals surface area (Å²) in [6.07, 6.45) is 5.18. The average molecular weight is 316 g/mol. The summed E-state index contributed by atoms with van der Waals surface area (Å²) in [6.45, 7) is 0.105. The molecule has 0 bridgehead atoms. The molecule has 2 atom stereocenters. The summed E-state index contributed by atoms with van der Waals surface area (Å²) in [5.41, 5.74) is 0.389. The lowest BCUT2D eigenvalue weighted by molar-refractivity contribution is 0.0899. The van der Waals surface area contributed by atoms with E-state index in [2.05, 4.69) is 5.32 Å². The highest BCUT2D eigenvalue weighted by molar-refractivity contribution is 6.43. The number of carbonyl (C=O) groups excluding carboxylic acids is 1. The van der Waals surface area contributed by atoms with E-state index in [0.29, 0.717) is 10.6 Å². The van der Waals surface area contributed by atoms with Crippen molar-refractivity contribution in [2.75, 3.05) is 6.61 Å². The number of hydrogen-bond donors (Lipinski definition) is 2. The third-order valence-electron chi connectivity index (χ3n) is 3.91. The molecule has 1 amide bonds. The molecule has 0 radical (unpaired) electrons. The summed E-state index contributed by atoms with van der Waals surface area (Å²) >= 11 is 12.0. The van der Waals surface area contributed by atoms with Crippen molar-refractivity contribution < 1.29 is 9.90 Å². The predicted molar refractivity (Wildman–Crippen MR) is 81.4 cm³/mol. The van der Waals surface area contributed by atoms with Crippen LogP contribution in [0.4, 0.5) is 0 Å². The van der Waals surface area contributed by atoms with E-state index in [1.165, 1.54) is 0 Å². The van der Waals surface area contributed by atoms with Crippen LogP contribution in [-0.4, -0.2) is 23.7 Å². The number of carbonyl (C=O) groups is 1. The number of rotatable bonds is 3. The molecule has 2 rings (SSSR count). The molecular weight excluding hydrogens is 297 g/mol. The molecule has 2 unspecified atom stereocenters. The van der Waals surface area contributed by atoms with Crippen LogP contribution in [-0.2, 0) is 0 Å². The van der Waals surface area contributed by atoms with Gasteiger partial charge in [0.2, 0.25) is 0 Å². The normalized spacial score (nSPS) is 23.1. The largest absolute Gasteiger partial charge is 0.396 e. The monoisotopic (exact) mass is 315 g/mol. The van der Waals surface area contributed by atoms with Crippen molar-refractivity contribution in [3.05, 3.63) is 33.8 Å². The minimum Gasteiger partial charge on any atom is -0.396 e. The standard InChI is InChI=1S/C15H19Cl2NO2/c16-12-7-4-6-11(14(12)17)15(20)18-13-8-3-1-2-5-10(13)9-19/h4,6-7,10,13,19H,1-3,5,8-9H2,(H,18,20). The van der Waals surface area contributed by atoms with E-state index < -0.39 is 0 Å². The molecule has 1 aliphatic rings. The zero-order valence-electron chi connectivity index (χ0n) is 11.2. The molecule has 3 nitrogen and oxygen atoms in total. The Morgan fingerprint density at radius 1 is 1.25 bits per heavy atom. The minimum atomic E-state index is -0.220. The van der Waals surface area contributed by atoms with Crippen LogP contribution in [0, 0.1) is 5.92 Å². The van der Waals surface area contributed by atoms with Gasteiger partial charge in [-0.2, -0.15) is 0 Å². The molecule has 110 valence electrons. The Morgan fingerprint density at radius 3 is 2.75 bits per heavy atom. The van der Waals surface area contributed by atoms with Gasteiger partial charge in [-0.3, -0.25) is 4.79 Å². The molecule has 0 saturated heterocycles. The van der Waals surface area contributed by atoms with Crippen molar-refractivity contribution in [1.29, 1.82) is 0 Å². The fourth-order valence-corrected chi connectivity index (χ4v) is 3.10. The molecule has 1 aromatic rings. The van der Waals surface area contributed by atoms with E-state index in [1.807, 2.05) is 0 Å². The van der Waals surface area contributed by atoms with E-state index >= 15 is 0 Å². The molecule has 0 heterocycles. The lowest BCUT2D eigenvalue weighted by Gasteiger charge is -2.24. The first-order valence-electron chi connectivity index (χ1n) is 6.99. The third-order valence-corrected chi connectivity index (χ3v) is 4.73. The van der Waals surface area contributed by atoms with Gasteiger partial charge in [0.1, 0.15) is 0 Å². The second kappa shape index (κ2) is 7.30. The summed E-state index contributed by atoms with van der Waals surface area (Å²) in [7, 11) is 0. The molecule has 1 aromatic carbocycles. The van der Waals surface area contributed by atoms with E-state index in [0.717, 1.165) is 32.1 Å². The summed E-state index contributed by atoms with van der Waals surface area (Å²) < 4.78 is 0. The Kier molecular flexibility index (Phi) is 5.70. The number of benzene rings is 1. The summed E-state index contributed by atoms with van der Waals surface area (Å²) in [6, 6.07) is 5.03. The number of hydrogen-bond acceptors (Lipinski definition) is 2. The zero-order valence-corrected chi connectivity index (χ0v) is 12.8. The van der Waals surface area contributed by atoms with Crippen molar-refractivity contribution in [1.82, 2.24) is 5.32 Å². The molecule has 0 spiro atoms. The molecule has 5 heteroatoms. The van der Waals surface area contributed by atoms with Crippen LogP contribution in [0.3, 0.4) is 0 Å². The Morgan fingerprint density at radius 2 is 2.00 bits per heavy atom. The SMILES string of the molecule is O=C(NC1CCCCCC1CO)c1cccc(Cl)c1Cl. The molecule has 0 aromatic heterocycles. The number of amides is 1. The van der Waals surface area contributed by atoms with Crippen molar-refractivity contribution in [2.24, 2.45) is 5.92 Å². The summed E-state index contributed by atoms with van der Waals surface area (Å²) in [4.78, 5) is 12.3. The van der Waals surface area contributed by atoms with Crippen LogP contribution in [0.2, 0.25) is 10.0 Å². The predicted octanol–water partition coefficient (Wildman–Crippen LogP) is 3.66. The van der Waals surface area contributed by atoms with Crippen LogP contribution < -0.4 is 5.32 Å². The van der Waals surface area contributed by atoms with Crippen LogP contribution in [0.25, 0.3) is 0 Å². The Labute approximate surface area is 129 Å². The van der Waals surface area contributed by atoms with Gasteiger partial charge in [0.25, 0.3) is 5.91 Å². The first-order chi connectivity index (χ1) is 9.63. The topological polar surface area (TPSA) is 49.3 Å². The van der Waals surface area contributed by atoms with Crippen LogP contribution in [0.15, 0.2) is 18.2 Å². The Bertz CT molecular complexity index is 479. The fraction of sp³-hybridized carbons (Fsp3) is 0.533. The number of aliphatic hydroxyl groups is 1. The molecule has 20 heavy (non-hydrogen) atoms. The van der Waals surface area contributed by atoms with Gasteiger partial charge in [-0.1, -0.05) is 48.5 Å². The van der Waals surface area contributed by atoms with Gasteiger partial charge < -0.3 is 10.4 Å². The van der Waals surface area contributed by atoms with E-state index in [9.17, 15) is 9.90 Å². The first kappa shape index (κ1) is 15.6. The highest BCUT2D eigenvalue weighted by Gasteiger charge is 2.25. The fourth-order valence-electron chi connectivity index (χ4n) is 2.72. The highest BCUT2D eigenvalue weighted by atomic mass is 35.5. The van der Waals surface area contributed by atoms with Gasteiger partial charge in [-0.15, -0.1) is 0 Å². The molecule has 1 saturated carbocycles. The number of aliphatic hydroxyl groups excluding tert-OH is 1. The zero-order chi connectivity index (χ0) is 14.5. The van der Waals surface area contributed by atoms with Crippen molar-refractivity contribution >= 4 is 29.1 Å². The maximum absolute atomic E-state index is 12.3. The van der Waals surface area contributed by atoms with Crippen LogP contribution >= 0.6 is 23.2 Å². The quantitative estimate of drug-likeness (QED) is 0.836. The van der Waals surface area contributed by atoms with Gasteiger partial charge in [0, 0.05) is 18.6 Å². The van der Waals surface area contributed by atoms with E-state index in [1.54, 1.807) is 18.2 Å². The van der Waals surface area contributed by atoms with E-state index in [-0.39, 0.29) is 29.5 Å². The third kappa shape index (κ3) is 3.66. The Balaban J connectivity index is 2.11. The minimum absolute atomic E-state index is 0.00467. The maximum Gasteiger partial charge on any atom is 0.253 e. The van der Waals surface area contributed by atoms with Crippen molar-refractivity contribution in [2.45, 2.75) is 38.1 Å². The van der Waals surface area contributed by atoms with Gasteiger partial charge >= 0.3 is 0 Å². The number of halogens is 2. The molecule has 0 aliphatic heterocycles. The van der Waals surface area contributed by atoms with Crippen LogP contribution in [0.1, 0.15) is 42.5 Å². The molecule has 1 fully saturated rings. The first-order valence-corrected chi connectivity index (χ1v) is 7.75. The van der Waals surface area contributed by atoms with Gasteiger partial charge in [-0.05, 0) is 25.0 Å². The average Bonchev–Trinajstić information content (AvgIpc) is 2.66. The molecule has 1 aliphatic carbocycles. The lowest BCUT2D eigenvalue weighted by atomic mass is 9.95. The van der Waals surface area contributed by atoms with Crippen molar-refractivity contribution in [3.8, 4) is 0 Å². The van der Waals surface area contributed by atoms with Gasteiger partial charge in [0.05, 0.1) is 15.6 Å². The molecule has 2 N–H and O–H groups in total. The van der Waals surface area contributed by atoms with Gasteiger partial charge in [0.15, 0.2) is 0 Å². The van der Waals surface area contributed by atoms with E-state index in [4.69, 9.17) is 23.2 Å². The second-order valence-electron chi connectivity index (χ2n) is 5.26. The summed E-state index contributed by atoms with van der Waals surface area (Å²) in [5.74, 6) is -0.0951. The van der Waals surface area contributed by atoms with Crippen LogP contribution in [0.5, 0.6) is 0 Å². The second-order valence-corrected chi connectivity index (χ2v) is 6.05. The van der Waals surface area contributed by atoms with Crippen molar-refractivity contribution in [3.63, 3.8) is 0 Å². The Hall–Kier alpha value is -0.770.